The molecular formula is C33H40Cl4N6O3. The highest BCUT2D eigenvalue weighted by Gasteiger charge is 2.50. The fraction of sp³-hybridized carbons (Fsp3) is 0.455. The number of aliphatic hydroxyl groups is 1. The summed E-state index contributed by atoms with van der Waals surface area (Å²) in [6.45, 7) is 8.18. The molecule has 0 aliphatic heterocycles. The second-order valence-electron chi connectivity index (χ2n) is 11.8. The number of hydrogen-bond acceptors (Lipinski definition) is 6. The summed E-state index contributed by atoms with van der Waals surface area (Å²) in [6, 6.07) is 10.9. The van der Waals surface area contributed by atoms with Gasteiger partial charge in [-0.05, 0) is 73.3 Å². The minimum absolute atomic E-state index is 0.152. The normalized spacial score (nSPS) is 19.2. The third-order valence-corrected chi connectivity index (χ3v) is 9.35. The lowest BCUT2D eigenvalue weighted by molar-refractivity contribution is -0.0667. The molecule has 5 rings (SSSR count). The van der Waals surface area contributed by atoms with Gasteiger partial charge in [0.15, 0.2) is 5.75 Å². The molecule has 2 aromatic carbocycles. The van der Waals surface area contributed by atoms with Gasteiger partial charge in [-0.2, -0.15) is 5.10 Å². The molecule has 0 bridgehead atoms. The molecule has 1 aliphatic carbocycles. The summed E-state index contributed by atoms with van der Waals surface area (Å²) in [7, 11) is 0. The van der Waals surface area contributed by atoms with E-state index in [1.807, 2.05) is 19.1 Å². The van der Waals surface area contributed by atoms with Crippen molar-refractivity contribution < 1.29 is 14.6 Å². The lowest BCUT2D eigenvalue weighted by Gasteiger charge is -2.37. The van der Waals surface area contributed by atoms with Gasteiger partial charge in [0.2, 0.25) is 0 Å². The molecule has 13 heteroatoms. The van der Waals surface area contributed by atoms with Gasteiger partial charge in [-0.1, -0.05) is 79.3 Å². The van der Waals surface area contributed by atoms with Crippen LogP contribution in [0.3, 0.4) is 0 Å². The second kappa shape index (κ2) is 16.8. The average Bonchev–Trinajstić information content (AvgIpc) is 3.78. The highest BCUT2D eigenvalue weighted by Crippen LogP contribution is 2.47. The first-order chi connectivity index (χ1) is 22.0. The van der Waals surface area contributed by atoms with E-state index in [-0.39, 0.29) is 24.5 Å². The Balaban J connectivity index is 0.000000209. The Morgan fingerprint density at radius 2 is 1.76 bits per heavy atom. The van der Waals surface area contributed by atoms with Gasteiger partial charge in [0, 0.05) is 29.0 Å². The molecule has 46 heavy (non-hydrogen) atoms. The van der Waals surface area contributed by atoms with Gasteiger partial charge in [0.1, 0.15) is 25.6 Å². The molecule has 1 N–H and O–H groups in total. The van der Waals surface area contributed by atoms with Crippen LogP contribution in [0.25, 0.3) is 0 Å². The Bertz CT molecular complexity index is 1500. The molecule has 248 valence electrons. The minimum Gasteiger partial charge on any atom is -0.489 e. The molecule has 1 saturated carbocycles. The molecule has 4 aromatic rings. The van der Waals surface area contributed by atoms with Crippen LogP contribution in [-0.4, -0.2) is 65.7 Å². The third kappa shape index (κ3) is 9.38. The molecule has 3 unspecified atom stereocenters. The summed E-state index contributed by atoms with van der Waals surface area (Å²) in [5.74, 6) is 1.31. The number of imidazole rings is 1. The average molecular weight is 711 g/mol. The smallest absolute Gasteiger partial charge is 0.329 e. The van der Waals surface area contributed by atoms with Gasteiger partial charge in [-0.15, -0.1) is 0 Å². The summed E-state index contributed by atoms with van der Waals surface area (Å²) in [5, 5.41) is 17.6. The van der Waals surface area contributed by atoms with Crippen molar-refractivity contribution in [2.75, 3.05) is 19.7 Å². The van der Waals surface area contributed by atoms with Crippen LogP contribution in [-0.2, 0) is 13.0 Å². The predicted octanol–water partition coefficient (Wildman–Crippen LogP) is 8.19. The highest BCUT2D eigenvalue weighted by molar-refractivity contribution is 6.40. The predicted molar refractivity (Wildman–Crippen MR) is 183 cm³/mol. The van der Waals surface area contributed by atoms with E-state index in [9.17, 15) is 9.90 Å². The Kier molecular flexibility index (Phi) is 13.2. The second-order valence-corrected chi connectivity index (χ2v) is 13.5. The van der Waals surface area contributed by atoms with E-state index < -0.39 is 5.60 Å². The molecule has 2 aromatic heterocycles. The van der Waals surface area contributed by atoms with E-state index >= 15 is 0 Å². The van der Waals surface area contributed by atoms with Crippen molar-refractivity contribution in [1.29, 1.82) is 0 Å². The summed E-state index contributed by atoms with van der Waals surface area (Å²) in [5.41, 5.74) is 0.474. The van der Waals surface area contributed by atoms with Crippen LogP contribution in [0.15, 0.2) is 67.8 Å². The fourth-order valence-electron chi connectivity index (χ4n) is 6.13. The van der Waals surface area contributed by atoms with Crippen LogP contribution in [0.1, 0.15) is 45.6 Å². The van der Waals surface area contributed by atoms with E-state index in [1.165, 1.54) is 22.8 Å². The van der Waals surface area contributed by atoms with Crippen LogP contribution >= 0.6 is 46.4 Å². The molecule has 0 spiro atoms. The van der Waals surface area contributed by atoms with Gasteiger partial charge in [0.25, 0.3) is 0 Å². The number of halogens is 4. The Morgan fingerprint density at radius 3 is 2.35 bits per heavy atom. The first kappa shape index (κ1) is 36.0. The number of rotatable bonds is 11. The Morgan fingerprint density at radius 1 is 1.04 bits per heavy atom. The monoisotopic (exact) mass is 708 g/mol. The molecule has 3 atom stereocenters. The minimum atomic E-state index is -0.749. The largest absolute Gasteiger partial charge is 0.489 e. The SMILES string of the molecule is CC(C)C1CCC(Cc2ccc(Cl)cc2)C1(O)Cn1cncn1.CCCN(CCOc1c(Cl)cc(Cl)cc1Cl)C(=O)n1ccnc1. The maximum atomic E-state index is 12.3. The lowest BCUT2D eigenvalue weighted by Crippen LogP contribution is -2.46. The Hall–Kier alpha value is -2.82. The summed E-state index contributed by atoms with van der Waals surface area (Å²) < 4.78 is 8.81. The molecule has 0 saturated heterocycles. The number of amides is 1. The van der Waals surface area contributed by atoms with Crippen molar-refractivity contribution in [2.24, 2.45) is 17.8 Å². The fourth-order valence-corrected chi connectivity index (χ4v) is 7.18. The maximum absolute atomic E-state index is 12.3. The zero-order valence-corrected chi connectivity index (χ0v) is 29.2. The van der Waals surface area contributed by atoms with Crippen LogP contribution in [0.4, 0.5) is 4.79 Å². The standard InChI is InChI=1S/C18H24ClN3O.C15H16Cl3N3O2/c1-13(2)17-8-5-15(9-14-3-6-16(19)7-4-14)18(17,23)10-22-12-20-11-21-22;1-2-4-20(15(22)21-5-3-19-10-21)6-7-23-14-12(17)8-11(16)9-13(14)18/h3-4,6-7,11-13,15,17,23H,5,8-10H2,1-2H3;3,5,8-10H,2,4,6-7H2,1H3. The number of benzene rings is 2. The van der Waals surface area contributed by atoms with Crippen molar-refractivity contribution in [3.8, 4) is 5.75 Å². The van der Waals surface area contributed by atoms with Crippen LogP contribution in [0, 0.1) is 17.8 Å². The molecule has 9 nitrogen and oxygen atoms in total. The topological polar surface area (TPSA) is 98.3 Å². The quantitative estimate of drug-likeness (QED) is 0.169. The third-order valence-electron chi connectivity index (χ3n) is 8.32. The molecule has 2 heterocycles. The van der Waals surface area contributed by atoms with E-state index in [0.29, 0.717) is 46.4 Å². The first-order valence-electron chi connectivity index (χ1n) is 15.4. The van der Waals surface area contributed by atoms with Gasteiger partial charge in [-0.25, -0.2) is 14.8 Å². The molecule has 0 radical (unpaired) electrons. The first-order valence-corrected chi connectivity index (χ1v) is 16.9. The van der Waals surface area contributed by atoms with Crippen molar-refractivity contribution >= 4 is 52.4 Å². The van der Waals surface area contributed by atoms with E-state index in [0.717, 1.165) is 30.7 Å². The van der Waals surface area contributed by atoms with E-state index in [4.69, 9.17) is 51.1 Å². The van der Waals surface area contributed by atoms with Crippen LogP contribution in [0.5, 0.6) is 5.75 Å². The van der Waals surface area contributed by atoms with Gasteiger partial charge >= 0.3 is 6.03 Å². The highest BCUT2D eigenvalue weighted by atomic mass is 35.5. The van der Waals surface area contributed by atoms with E-state index in [2.05, 4.69) is 41.0 Å². The number of hydrogen-bond donors (Lipinski definition) is 1. The van der Waals surface area contributed by atoms with Crippen molar-refractivity contribution in [1.82, 2.24) is 29.2 Å². The molecule has 1 aliphatic rings. The summed E-state index contributed by atoms with van der Waals surface area (Å²) in [6.07, 6.45) is 11.7. The van der Waals surface area contributed by atoms with Gasteiger partial charge < -0.3 is 14.7 Å². The summed E-state index contributed by atoms with van der Waals surface area (Å²) in [4.78, 5) is 21.9. The zero-order chi connectivity index (χ0) is 33.3. The van der Waals surface area contributed by atoms with Gasteiger partial charge in [-0.3, -0.25) is 9.25 Å². The summed E-state index contributed by atoms with van der Waals surface area (Å²) >= 11 is 24.0. The van der Waals surface area contributed by atoms with E-state index in [1.54, 1.807) is 40.4 Å². The molecule has 1 amide bonds. The zero-order valence-electron chi connectivity index (χ0n) is 26.2. The molecular weight excluding hydrogens is 670 g/mol. The number of ether oxygens (including phenoxy) is 1. The lowest BCUT2D eigenvalue weighted by atomic mass is 9.76. The Labute approximate surface area is 290 Å². The maximum Gasteiger partial charge on any atom is 0.329 e. The van der Waals surface area contributed by atoms with Crippen molar-refractivity contribution in [2.45, 2.75) is 58.6 Å². The number of carbonyl (C=O) groups is 1. The van der Waals surface area contributed by atoms with Crippen LogP contribution < -0.4 is 4.74 Å². The number of aromatic nitrogens is 5. The van der Waals surface area contributed by atoms with Crippen molar-refractivity contribution in [3.05, 3.63) is 93.4 Å². The molecule has 1 fully saturated rings. The van der Waals surface area contributed by atoms with Gasteiger partial charge in [0.05, 0.1) is 28.7 Å². The number of carbonyl (C=O) groups excluding carboxylic acids is 1. The number of nitrogens with zero attached hydrogens (tertiary/aromatic N) is 6. The van der Waals surface area contributed by atoms with Crippen LogP contribution in [0.2, 0.25) is 20.1 Å². The van der Waals surface area contributed by atoms with Crippen molar-refractivity contribution in [3.63, 3.8) is 0 Å².